The molecular weight excluding hydrogens is 336 g/mol. The van der Waals surface area contributed by atoms with E-state index in [-0.39, 0.29) is 12.2 Å². The minimum Gasteiger partial charge on any atom is -0.324 e. The molecule has 132 valence electrons. The number of nitro benzene ring substituents is 1. The number of fused-ring (bicyclic) bond motifs is 1. The minimum atomic E-state index is -0.477. The van der Waals surface area contributed by atoms with Crippen LogP contribution in [0, 0.1) is 10.1 Å². The molecule has 1 N–H and O–H groups in total. The lowest BCUT2D eigenvalue weighted by atomic mass is 10.1. The maximum atomic E-state index is 12.4. The lowest BCUT2D eigenvalue weighted by Gasteiger charge is -2.10. The molecule has 2 aromatic carbocycles. The van der Waals surface area contributed by atoms with Crippen molar-refractivity contribution in [2.24, 2.45) is 0 Å². The monoisotopic (exact) mass is 352 g/mol. The third kappa shape index (κ3) is 3.44. The molecule has 0 radical (unpaired) electrons. The highest BCUT2D eigenvalue weighted by Gasteiger charge is 2.15. The molecule has 0 unspecified atom stereocenters. The third-order valence-electron chi connectivity index (χ3n) is 4.00. The highest BCUT2D eigenvalue weighted by molar-refractivity contribution is 5.91. The zero-order valence-corrected chi connectivity index (χ0v) is 14.0. The lowest BCUT2D eigenvalue weighted by Crippen LogP contribution is -2.28. The number of aromatic nitrogens is 2. The van der Waals surface area contributed by atoms with Crippen molar-refractivity contribution >= 4 is 28.3 Å². The van der Waals surface area contributed by atoms with Crippen LogP contribution in [-0.4, -0.2) is 20.4 Å². The summed E-state index contributed by atoms with van der Waals surface area (Å²) < 4.78 is 1.31. The first-order valence-electron chi connectivity index (χ1n) is 8.01. The van der Waals surface area contributed by atoms with Crippen LogP contribution in [0.5, 0.6) is 0 Å². The topological polar surface area (TPSA) is 107 Å². The second-order valence-electron chi connectivity index (χ2n) is 5.67. The van der Waals surface area contributed by atoms with Crippen LogP contribution in [0.1, 0.15) is 12.5 Å². The van der Waals surface area contributed by atoms with E-state index < -0.39 is 16.4 Å². The van der Waals surface area contributed by atoms with Gasteiger partial charge in [-0.3, -0.25) is 24.3 Å². The molecular formula is C18H16N4O4. The van der Waals surface area contributed by atoms with Gasteiger partial charge in [-0.25, -0.2) is 4.98 Å². The Hall–Kier alpha value is -3.55. The van der Waals surface area contributed by atoms with Crippen molar-refractivity contribution in [2.45, 2.75) is 19.9 Å². The summed E-state index contributed by atoms with van der Waals surface area (Å²) in [7, 11) is 0. The molecule has 26 heavy (non-hydrogen) atoms. The number of hydrogen-bond acceptors (Lipinski definition) is 5. The van der Waals surface area contributed by atoms with Gasteiger partial charge in [-0.2, -0.15) is 0 Å². The SMILES string of the molecule is CCc1ccc(NC(=O)Cn2c(=O)cnc3ccccc32)cc1[N+](=O)[O-]. The molecule has 0 bridgehead atoms. The molecule has 1 heterocycles. The average Bonchev–Trinajstić information content (AvgIpc) is 2.64. The molecule has 8 heteroatoms. The molecule has 8 nitrogen and oxygen atoms in total. The van der Waals surface area contributed by atoms with Crippen molar-refractivity contribution in [3.63, 3.8) is 0 Å². The molecule has 0 fully saturated rings. The fraction of sp³-hybridized carbons (Fsp3) is 0.167. The van der Waals surface area contributed by atoms with Crippen molar-refractivity contribution in [2.75, 3.05) is 5.32 Å². The number of benzene rings is 2. The predicted octanol–water partition coefficient (Wildman–Crippen LogP) is 2.51. The largest absolute Gasteiger partial charge is 0.324 e. The highest BCUT2D eigenvalue weighted by Crippen LogP contribution is 2.23. The van der Waals surface area contributed by atoms with Gasteiger partial charge in [0.15, 0.2) is 0 Å². The summed E-state index contributed by atoms with van der Waals surface area (Å²) in [5, 5.41) is 13.7. The van der Waals surface area contributed by atoms with Crippen molar-refractivity contribution < 1.29 is 9.72 Å². The van der Waals surface area contributed by atoms with E-state index in [4.69, 9.17) is 0 Å². The van der Waals surface area contributed by atoms with Crippen LogP contribution in [-0.2, 0) is 17.8 Å². The van der Waals surface area contributed by atoms with Gasteiger partial charge in [0.05, 0.1) is 22.2 Å². The number of para-hydroxylation sites is 2. The zero-order valence-electron chi connectivity index (χ0n) is 14.0. The fourth-order valence-electron chi connectivity index (χ4n) is 2.73. The average molecular weight is 352 g/mol. The van der Waals surface area contributed by atoms with Gasteiger partial charge in [-0.05, 0) is 24.6 Å². The van der Waals surface area contributed by atoms with E-state index in [1.54, 1.807) is 36.4 Å². The number of nitrogens with zero attached hydrogens (tertiary/aromatic N) is 3. The maximum absolute atomic E-state index is 12.4. The Morgan fingerprint density at radius 3 is 2.77 bits per heavy atom. The number of carbonyl (C=O) groups excluding carboxylic acids is 1. The number of rotatable bonds is 5. The van der Waals surface area contributed by atoms with E-state index in [2.05, 4.69) is 10.3 Å². The number of nitrogens with one attached hydrogen (secondary N) is 1. The van der Waals surface area contributed by atoms with E-state index in [0.717, 1.165) is 6.20 Å². The van der Waals surface area contributed by atoms with Gasteiger partial charge < -0.3 is 5.32 Å². The molecule has 0 spiro atoms. The summed E-state index contributed by atoms with van der Waals surface area (Å²) in [4.78, 5) is 39.1. The lowest BCUT2D eigenvalue weighted by molar-refractivity contribution is -0.385. The van der Waals surface area contributed by atoms with Crippen LogP contribution < -0.4 is 10.9 Å². The van der Waals surface area contributed by atoms with Gasteiger partial charge in [-0.15, -0.1) is 0 Å². The van der Waals surface area contributed by atoms with Crippen LogP contribution in [0.4, 0.5) is 11.4 Å². The number of aryl methyl sites for hydroxylation is 1. The van der Waals surface area contributed by atoms with E-state index in [1.807, 2.05) is 6.92 Å². The van der Waals surface area contributed by atoms with Gasteiger partial charge in [0.2, 0.25) is 5.91 Å². The van der Waals surface area contributed by atoms with Crippen molar-refractivity contribution in [1.29, 1.82) is 0 Å². The van der Waals surface area contributed by atoms with Crippen molar-refractivity contribution in [3.8, 4) is 0 Å². The van der Waals surface area contributed by atoms with Crippen molar-refractivity contribution in [3.05, 3.63) is 74.7 Å². The van der Waals surface area contributed by atoms with E-state index in [0.29, 0.717) is 28.7 Å². The highest BCUT2D eigenvalue weighted by atomic mass is 16.6. The number of hydrogen-bond donors (Lipinski definition) is 1. The summed E-state index contributed by atoms with van der Waals surface area (Å²) in [5.41, 5.74) is 1.60. The Balaban J connectivity index is 1.86. The van der Waals surface area contributed by atoms with Crippen LogP contribution in [0.2, 0.25) is 0 Å². The molecule has 0 saturated carbocycles. The first kappa shape index (κ1) is 17.3. The zero-order chi connectivity index (χ0) is 18.7. The first-order chi connectivity index (χ1) is 12.5. The second-order valence-corrected chi connectivity index (χ2v) is 5.67. The van der Waals surface area contributed by atoms with Crippen LogP contribution in [0.3, 0.4) is 0 Å². The van der Waals surface area contributed by atoms with E-state index in [1.165, 1.54) is 10.6 Å². The van der Waals surface area contributed by atoms with Crippen molar-refractivity contribution in [1.82, 2.24) is 9.55 Å². The molecule has 0 saturated heterocycles. The van der Waals surface area contributed by atoms with Crippen LogP contribution >= 0.6 is 0 Å². The van der Waals surface area contributed by atoms with Gasteiger partial charge in [0.1, 0.15) is 6.54 Å². The third-order valence-corrected chi connectivity index (χ3v) is 4.00. The molecule has 1 amide bonds. The fourth-order valence-corrected chi connectivity index (χ4v) is 2.73. The van der Waals surface area contributed by atoms with Gasteiger partial charge in [0.25, 0.3) is 11.2 Å². The number of nitro groups is 1. The predicted molar refractivity (Wildman–Crippen MR) is 97.1 cm³/mol. The molecule has 0 atom stereocenters. The molecule has 1 aromatic heterocycles. The molecule has 0 aliphatic heterocycles. The van der Waals surface area contributed by atoms with Gasteiger partial charge in [0, 0.05) is 17.3 Å². The number of anilines is 1. The quantitative estimate of drug-likeness (QED) is 0.561. The standard InChI is InChI=1S/C18H16N4O4/c1-2-12-7-8-13(9-16(12)22(25)26)20-17(23)11-21-15-6-4-3-5-14(15)19-10-18(21)24/h3-10H,2,11H2,1H3,(H,20,23). The molecule has 3 aromatic rings. The normalized spacial score (nSPS) is 10.7. The summed E-state index contributed by atoms with van der Waals surface area (Å²) >= 11 is 0. The molecule has 0 aliphatic rings. The van der Waals surface area contributed by atoms with Crippen LogP contribution in [0.25, 0.3) is 11.0 Å². The summed E-state index contributed by atoms with van der Waals surface area (Å²) in [5.74, 6) is -0.456. The minimum absolute atomic E-state index is 0.0446. The van der Waals surface area contributed by atoms with Gasteiger partial charge >= 0.3 is 0 Å². The smallest absolute Gasteiger partial charge is 0.274 e. The Kier molecular flexibility index (Phi) is 4.74. The summed E-state index contributed by atoms with van der Waals surface area (Å²) in [6.07, 6.45) is 1.68. The first-order valence-corrected chi connectivity index (χ1v) is 8.01. The number of carbonyl (C=O) groups is 1. The van der Waals surface area contributed by atoms with E-state index >= 15 is 0 Å². The Morgan fingerprint density at radius 1 is 1.27 bits per heavy atom. The van der Waals surface area contributed by atoms with Crippen LogP contribution in [0.15, 0.2) is 53.5 Å². The second kappa shape index (κ2) is 7.14. The van der Waals surface area contributed by atoms with E-state index in [9.17, 15) is 19.7 Å². The molecule has 0 aliphatic carbocycles. The molecule has 3 rings (SSSR count). The Bertz CT molecular complexity index is 1060. The number of amides is 1. The Labute approximate surface area is 148 Å². The summed E-state index contributed by atoms with van der Waals surface area (Å²) in [6.45, 7) is 1.60. The summed E-state index contributed by atoms with van der Waals surface area (Å²) in [6, 6.07) is 11.5. The maximum Gasteiger partial charge on any atom is 0.274 e. The Morgan fingerprint density at radius 2 is 2.04 bits per heavy atom. The van der Waals surface area contributed by atoms with Gasteiger partial charge in [-0.1, -0.05) is 25.1 Å².